The maximum absolute atomic E-state index is 12.2. The Bertz CT molecular complexity index is 476. The van der Waals surface area contributed by atoms with Crippen LogP contribution in [0.3, 0.4) is 0 Å². The molecule has 0 radical (unpaired) electrons. The van der Waals surface area contributed by atoms with E-state index in [2.05, 4.69) is 10.6 Å². The first-order chi connectivity index (χ1) is 9.67. The summed E-state index contributed by atoms with van der Waals surface area (Å²) in [7, 11) is 0. The summed E-state index contributed by atoms with van der Waals surface area (Å²) in [5, 5.41) is 6.90. The van der Waals surface area contributed by atoms with Crippen LogP contribution in [-0.2, 0) is 0 Å². The largest absolute Gasteiger partial charge is 0.348 e. The zero-order chi connectivity index (χ0) is 14.0. The molecule has 1 aliphatic carbocycles. The molecule has 110 valence electrons. The van der Waals surface area contributed by atoms with Crippen molar-refractivity contribution in [3.63, 3.8) is 0 Å². The third-order valence-corrected chi connectivity index (χ3v) is 5.80. The summed E-state index contributed by atoms with van der Waals surface area (Å²) in [4.78, 5) is 12.9. The van der Waals surface area contributed by atoms with Crippen LogP contribution in [0.15, 0.2) is 12.1 Å². The number of piperidine rings is 1. The summed E-state index contributed by atoms with van der Waals surface area (Å²) in [6.07, 6.45) is 8.58. The molecule has 2 heterocycles. The zero-order valence-electron chi connectivity index (χ0n) is 11.6. The van der Waals surface area contributed by atoms with E-state index in [-0.39, 0.29) is 11.4 Å². The lowest BCUT2D eigenvalue weighted by Gasteiger charge is -2.44. The van der Waals surface area contributed by atoms with Gasteiger partial charge in [0, 0.05) is 11.6 Å². The highest BCUT2D eigenvalue weighted by atomic mass is 35.5. The van der Waals surface area contributed by atoms with Gasteiger partial charge in [-0.05, 0) is 44.4 Å². The number of hydrogen-bond donors (Lipinski definition) is 2. The Morgan fingerprint density at radius 1 is 1.35 bits per heavy atom. The second kappa shape index (κ2) is 6.04. The Morgan fingerprint density at radius 2 is 2.15 bits per heavy atom. The average molecular weight is 313 g/mol. The molecular formula is C15H21ClN2OS. The molecular weight excluding hydrogens is 292 g/mol. The fraction of sp³-hybridized carbons (Fsp3) is 0.667. The molecule has 2 aliphatic rings. The molecule has 1 aliphatic heterocycles. The fourth-order valence-corrected chi connectivity index (χ4v) is 4.53. The Hall–Kier alpha value is -0.580. The van der Waals surface area contributed by atoms with Gasteiger partial charge in [-0.3, -0.25) is 4.79 Å². The molecule has 1 spiro atoms. The predicted octanol–water partition coefficient (Wildman–Crippen LogP) is 3.59. The molecule has 1 amide bonds. The van der Waals surface area contributed by atoms with Crippen LogP contribution >= 0.6 is 22.9 Å². The summed E-state index contributed by atoms with van der Waals surface area (Å²) in [5.74, 6) is 0.0276. The molecule has 1 saturated heterocycles. The first kappa shape index (κ1) is 14.4. The Balaban J connectivity index is 1.61. The van der Waals surface area contributed by atoms with Gasteiger partial charge in [0.1, 0.15) is 0 Å². The van der Waals surface area contributed by atoms with Crippen molar-refractivity contribution in [2.75, 3.05) is 6.54 Å². The molecule has 0 aromatic carbocycles. The van der Waals surface area contributed by atoms with Gasteiger partial charge in [-0.2, -0.15) is 0 Å². The summed E-state index contributed by atoms with van der Waals surface area (Å²) < 4.78 is 0.671. The van der Waals surface area contributed by atoms with Gasteiger partial charge in [0.25, 0.3) is 5.91 Å². The van der Waals surface area contributed by atoms with E-state index in [1.54, 1.807) is 12.1 Å². The second-order valence-electron chi connectivity index (χ2n) is 6.03. The average Bonchev–Trinajstić information content (AvgIpc) is 2.86. The topological polar surface area (TPSA) is 41.1 Å². The van der Waals surface area contributed by atoms with Crippen molar-refractivity contribution in [3.8, 4) is 0 Å². The Morgan fingerprint density at radius 3 is 2.85 bits per heavy atom. The molecule has 20 heavy (non-hydrogen) atoms. The van der Waals surface area contributed by atoms with E-state index in [4.69, 9.17) is 11.6 Å². The van der Waals surface area contributed by atoms with E-state index in [1.165, 1.54) is 43.4 Å². The molecule has 1 unspecified atom stereocenters. The highest BCUT2D eigenvalue weighted by Gasteiger charge is 2.37. The van der Waals surface area contributed by atoms with Crippen molar-refractivity contribution in [1.82, 2.24) is 10.6 Å². The quantitative estimate of drug-likeness (QED) is 0.876. The molecule has 1 saturated carbocycles. The van der Waals surface area contributed by atoms with Gasteiger partial charge >= 0.3 is 0 Å². The van der Waals surface area contributed by atoms with Crippen LogP contribution in [0.25, 0.3) is 0 Å². The number of rotatable bonds is 2. The van der Waals surface area contributed by atoms with Crippen molar-refractivity contribution in [2.45, 2.75) is 56.5 Å². The molecule has 2 N–H and O–H groups in total. The van der Waals surface area contributed by atoms with Gasteiger partial charge in [0.2, 0.25) is 0 Å². The van der Waals surface area contributed by atoms with Crippen molar-refractivity contribution in [1.29, 1.82) is 0 Å². The van der Waals surface area contributed by atoms with Crippen molar-refractivity contribution in [3.05, 3.63) is 21.3 Å². The highest BCUT2D eigenvalue weighted by molar-refractivity contribution is 7.17. The maximum atomic E-state index is 12.2. The van der Waals surface area contributed by atoms with E-state index >= 15 is 0 Å². The first-order valence-corrected chi connectivity index (χ1v) is 8.68. The Labute approximate surface area is 129 Å². The Kier molecular flexibility index (Phi) is 4.34. The number of carbonyl (C=O) groups excluding carboxylic acids is 1. The minimum Gasteiger partial charge on any atom is -0.348 e. The number of carbonyl (C=O) groups is 1. The van der Waals surface area contributed by atoms with Gasteiger partial charge in [0.15, 0.2) is 0 Å². The monoisotopic (exact) mass is 312 g/mol. The molecule has 3 rings (SSSR count). The lowest BCUT2D eigenvalue weighted by Crippen LogP contribution is -2.57. The normalized spacial score (nSPS) is 25.6. The third-order valence-electron chi connectivity index (χ3n) is 4.57. The van der Waals surface area contributed by atoms with Crippen molar-refractivity contribution >= 4 is 28.8 Å². The van der Waals surface area contributed by atoms with E-state index in [0.717, 1.165) is 19.4 Å². The van der Waals surface area contributed by atoms with Gasteiger partial charge in [-0.25, -0.2) is 0 Å². The van der Waals surface area contributed by atoms with E-state index in [9.17, 15) is 4.79 Å². The zero-order valence-corrected chi connectivity index (χ0v) is 13.2. The SMILES string of the molecule is O=C(NC1CCNC2(CCCCC2)C1)c1ccc(Cl)s1. The third kappa shape index (κ3) is 3.18. The van der Waals surface area contributed by atoms with Gasteiger partial charge in [-0.15, -0.1) is 11.3 Å². The predicted molar refractivity (Wildman–Crippen MR) is 83.6 cm³/mol. The number of nitrogens with one attached hydrogen (secondary N) is 2. The lowest BCUT2D eigenvalue weighted by molar-refractivity contribution is 0.0897. The number of thiophene rings is 1. The molecule has 1 atom stereocenters. The summed E-state index contributed by atoms with van der Waals surface area (Å²) in [6.45, 7) is 1.01. The second-order valence-corrected chi connectivity index (χ2v) is 7.75. The molecule has 1 aromatic heterocycles. The standard InChI is InChI=1S/C15H21ClN2OS/c16-13-5-4-12(20-13)14(19)18-11-6-9-17-15(10-11)7-2-1-3-8-15/h4-5,11,17H,1-3,6-10H2,(H,18,19). The smallest absolute Gasteiger partial charge is 0.261 e. The minimum absolute atomic E-state index is 0.0276. The molecule has 2 fully saturated rings. The summed E-state index contributed by atoms with van der Waals surface area (Å²) in [5.41, 5.74) is 0.279. The first-order valence-electron chi connectivity index (χ1n) is 7.48. The number of hydrogen-bond acceptors (Lipinski definition) is 3. The van der Waals surface area contributed by atoms with Crippen LogP contribution in [-0.4, -0.2) is 24.0 Å². The van der Waals surface area contributed by atoms with Crippen LogP contribution in [0.2, 0.25) is 4.34 Å². The molecule has 5 heteroatoms. The minimum atomic E-state index is 0.0276. The van der Waals surface area contributed by atoms with Crippen LogP contribution in [0, 0.1) is 0 Å². The maximum Gasteiger partial charge on any atom is 0.261 e. The highest BCUT2D eigenvalue weighted by Crippen LogP contribution is 2.34. The van der Waals surface area contributed by atoms with E-state index in [1.807, 2.05) is 0 Å². The molecule has 0 bridgehead atoms. The number of halogens is 1. The van der Waals surface area contributed by atoms with Gasteiger partial charge in [-0.1, -0.05) is 30.9 Å². The van der Waals surface area contributed by atoms with Crippen LogP contribution in [0.4, 0.5) is 0 Å². The molecule has 3 nitrogen and oxygen atoms in total. The molecule has 1 aromatic rings. The summed E-state index contributed by atoms with van der Waals surface area (Å²) in [6, 6.07) is 3.88. The van der Waals surface area contributed by atoms with Crippen molar-refractivity contribution in [2.24, 2.45) is 0 Å². The van der Waals surface area contributed by atoms with Gasteiger partial charge < -0.3 is 10.6 Å². The van der Waals surface area contributed by atoms with Crippen LogP contribution in [0.1, 0.15) is 54.6 Å². The lowest BCUT2D eigenvalue weighted by atomic mass is 9.75. The van der Waals surface area contributed by atoms with Gasteiger partial charge in [0.05, 0.1) is 9.21 Å². The van der Waals surface area contributed by atoms with Crippen LogP contribution in [0.5, 0.6) is 0 Å². The fourth-order valence-electron chi connectivity index (χ4n) is 3.58. The van der Waals surface area contributed by atoms with E-state index in [0.29, 0.717) is 15.3 Å². The number of amides is 1. The van der Waals surface area contributed by atoms with E-state index < -0.39 is 0 Å². The van der Waals surface area contributed by atoms with Crippen LogP contribution < -0.4 is 10.6 Å². The summed E-state index contributed by atoms with van der Waals surface area (Å²) >= 11 is 7.24. The van der Waals surface area contributed by atoms with Crippen molar-refractivity contribution < 1.29 is 4.79 Å².